The zero-order chi connectivity index (χ0) is 15.6. The van der Waals surface area contributed by atoms with Gasteiger partial charge in [0.25, 0.3) is 12.0 Å². The summed E-state index contributed by atoms with van der Waals surface area (Å²) in [5.41, 5.74) is -0.544. The van der Waals surface area contributed by atoms with Crippen molar-refractivity contribution in [2.75, 3.05) is 13.1 Å². The van der Waals surface area contributed by atoms with E-state index in [9.17, 15) is 13.6 Å². The van der Waals surface area contributed by atoms with Gasteiger partial charge in [0, 0.05) is 5.92 Å². The van der Waals surface area contributed by atoms with Crippen LogP contribution in [0.4, 0.5) is 8.78 Å². The highest BCUT2D eigenvalue weighted by Gasteiger charge is 2.45. The van der Waals surface area contributed by atoms with Crippen LogP contribution in [-0.2, 0) is 4.79 Å². The maximum atomic E-state index is 12.3. The number of rotatable bonds is 3. The van der Waals surface area contributed by atoms with Crippen LogP contribution in [0.2, 0.25) is 0 Å². The lowest BCUT2D eigenvalue weighted by molar-refractivity contribution is -0.124. The van der Waals surface area contributed by atoms with Gasteiger partial charge in [-0.2, -0.15) is 8.78 Å². The lowest BCUT2D eigenvalue weighted by Crippen LogP contribution is -2.47. The Kier molecular flexibility index (Phi) is 5.89. The molecule has 23 heavy (non-hydrogen) atoms. The predicted octanol–water partition coefficient (Wildman–Crippen LogP) is 3.25. The fourth-order valence-electron chi connectivity index (χ4n) is 3.84. The molecule has 0 bridgehead atoms. The number of hydrogen-bond acceptors (Lipinski definition) is 3. The van der Waals surface area contributed by atoms with Gasteiger partial charge < -0.3 is 10.6 Å². The van der Waals surface area contributed by atoms with Gasteiger partial charge >= 0.3 is 0 Å². The highest BCUT2D eigenvalue weighted by molar-refractivity contribution is 6.09. The molecule has 0 unspecified atom stereocenters. The number of nitrogens with zero attached hydrogens (tertiary/aromatic N) is 1. The van der Waals surface area contributed by atoms with Gasteiger partial charge in [0.1, 0.15) is 11.4 Å². The van der Waals surface area contributed by atoms with Crippen molar-refractivity contribution in [3.05, 3.63) is 12.2 Å². The topological polar surface area (TPSA) is 53.5 Å². The minimum absolute atomic E-state index is 0. The third kappa shape index (κ3) is 3.97. The molecule has 1 saturated heterocycles. The van der Waals surface area contributed by atoms with Crippen LogP contribution in [0.1, 0.15) is 52.4 Å². The molecule has 0 aromatic heterocycles. The van der Waals surface area contributed by atoms with E-state index in [1.54, 1.807) is 0 Å². The van der Waals surface area contributed by atoms with E-state index in [1.165, 1.54) is 0 Å². The molecule has 1 spiro atoms. The summed E-state index contributed by atoms with van der Waals surface area (Å²) in [6.45, 7) is 1.66. The molecule has 0 aromatic rings. The first-order valence-corrected chi connectivity index (χ1v) is 8.22. The number of carbonyl (C=O) groups is 1. The SMILES string of the molecule is C.O=C1NC(C2CCC(CC=C(F)F)CC2)=NC12CCNCC2. The van der Waals surface area contributed by atoms with Gasteiger partial charge in [-0.05, 0) is 70.0 Å². The fraction of sp³-hybridized carbons (Fsp3) is 0.765. The molecule has 0 aromatic carbocycles. The van der Waals surface area contributed by atoms with E-state index in [0.29, 0.717) is 12.3 Å². The number of amidine groups is 1. The Morgan fingerprint density at radius 2 is 1.87 bits per heavy atom. The van der Waals surface area contributed by atoms with Crippen LogP contribution < -0.4 is 10.6 Å². The van der Waals surface area contributed by atoms with Crippen LogP contribution in [-0.4, -0.2) is 30.4 Å². The zero-order valence-electron chi connectivity index (χ0n) is 12.7. The Morgan fingerprint density at radius 3 is 2.48 bits per heavy atom. The number of hydrogen-bond donors (Lipinski definition) is 2. The Labute approximate surface area is 136 Å². The second kappa shape index (κ2) is 7.51. The van der Waals surface area contributed by atoms with E-state index >= 15 is 0 Å². The summed E-state index contributed by atoms with van der Waals surface area (Å²) in [6, 6.07) is 0. The molecule has 0 radical (unpaired) electrons. The number of carbonyl (C=O) groups excluding carboxylic acids is 1. The van der Waals surface area contributed by atoms with E-state index in [1.807, 2.05) is 0 Å². The Balaban J connectivity index is 0.00000192. The molecule has 2 heterocycles. The Morgan fingerprint density at radius 1 is 1.22 bits per heavy atom. The molecule has 1 amide bonds. The molecule has 4 nitrogen and oxygen atoms in total. The normalized spacial score (nSPS) is 29.5. The molecule has 1 aliphatic carbocycles. The largest absolute Gasteiger partial charge is 0.317 e. The maximum absolute atomic E-state index is 12.3. The van der Waals surface area contributed by atoms with Crippen LogP contribution in [0.5, 0.6) is 0 Å². The molecule has 1 saturated carbocycles. The number of nitrogens with one attached hydrogen (secondary N) is 2. The quantitative estimate of drug-likeness (QED) is 0.836. The molecular formula is C17H27F2N3O. The minimum Gasteiger partial charge on any atom is -0.317 e. The van der Waals surface area contributed by atoms with E-state index < -0.39 is 11.6 Å². The molecule has 0 atom stereocenters. The lowest BCUT2D eigenvalue weighted by Gasteiger charge is -2.28. The van der Waals surface area contributed by atoms with Gasteiger partial charge in [-0.1, -0.05) is 7.43 Å². The number of amides is 1. The molecule has 3 rings (SSSR count). The molecule has 130 valence electrons. The van der Waals surface area contributed by atoms with Gasteiger partial charge in [0.2, 0.25) is 0 Å². The Bertz CT molecular complexity index is 486. The molecule has 2 aliphatic heterocycles. The van der Waals surface area contributed by atoms with E-state index in [-0.39, 0.29) is 19.3 Å². The van der Waals surface area contributed by atoms with Crippen molar-refractivity contribution in [2.45, 2.75) is 57.9 Å². The summed E-state index contributed by atoms with van der Waals surface area (Å²) < 4.78 is 24.3. The number of piperidine rings is 1. The van der Waals surface area contributed by atoms with E-state index in [4.69, 9.17) is 4.99 Å². The summed E-state index contributed by atoms with van der Waals surface area (Å²) >= 11 is 0. The van der Waals surface area contributed by atoms with E-state index in [0.717, 1.165) is 63.5 Å². The standard InChI is InChI=1S/C16H23F2N3O.CH4/c17-13(18)6-3-11-1-4-12(5-2-11)14-20-15(22)16(21-14)7-9-19-10-8-16;/h6,11-12,19H,1-5,7-10H2,(H,20,21,22);1H4. The van der Waals surface area contributed by atoms with Crippen molar-refractivity contribution < 1.29 is 13.6 Å². The Hall–Kier alpha value is -1.30. The molecular weight excluding hydrogens is 300 g/mol. The van der Waals surface area contributed by atoms with Crippen molar-refractivity contribution in [3.8, 4) is 0 Å². The third-order valence-corrected chi connectivity index (χ3v) is 5.27. The van der Waals surface area contributed by atoms with Gasteiger partial charge in [-0.15, -0.1) is 0 Å². The summed E-state index contributed by atoms with van der Waals surface area (Å²) in [5, 5.41) is 6.26. The van der Waals surface area contributed by atoms with Crippen molar-refractivity contribution in [1.29, 1.82) is 0 Å². The highest BCUT2D eigenvalue weighted by atomic mass is 19.3. The van der Waals surface area contributed by atoms with E-state index in [2.05, 4.69) is 10.6 Å². The predicted molar refractivity (Wildman–Crippen MR) is 87.5 cm³/mol. The fourth-order valence-corrected chi connectivity index (χ4v) is 3.84. The van der Waals surface area contributed by atoms with Gasteiger partial charge in [-0.25, -0.2) is 0 Å². The first-order valence-electron chi connectivity index (χ1n) is 8.22. The number of allylic oxidation sites excluding steroid dienone is 1. The van der Waals surface area contributed by atoms with Crippen LogP contribution in [0, 0.1) is 11.8 Å². The summed E-state index contributed by atoms with van der Waals surface area (Å²) in [5.74, 6) is 1.52. The van der Waals surface area contributed by atoms with Crippen LogP contribution in [0.15, 0.2) is 17.1 Å². The van der Waals surface area contributed by atoms with Crippen molar-refractivity contribution in [1.82, 2.24) is 10.6 Å². The molecule has 6 heteroatoms. The van der Waals surface area contributed by atoms with Crippen molar-refractivity contribution in [3.63, 3.8) is 0 Å². The maximum Gasteiger partial charge on any atom is 0.266 e. The first kappa shape index (κ1) is 18.0. The molecule has 2 N–H and O–H groups in total. The second-order valence-corrected chi connectivity index (χ2v) is 6.68. The summed E-state index contributed by atoms with van der Waals surface area (Å²) in [4.78, 5) is 17.1. The number of aliphatic imine (C=N–C) groups is 1. The minimum atomic E-state index is -1.58. The monoisotopic (exact) mass is 327 g/mol. The summed E-state index contributed by atoms with van der Waals surface area (Å²) in [6.07, 6.45) is 5.15. The van der Waals surface area contributed by atoms with Gasteiger partial charge in [-0.3, -0.25) is 9.79 Å². The van der Waals surface area contributed by atoms with Crippen LogP contribution >= 0.6 is 0 Å². The molecule has 2 fully saturated rings. The second-order valence-electron chi connectivity index (χ2n) is 6.68. The zero-order valence-corrected chi connectivity index (χ0v) is 12.7. The smallest absolute Gasteiger partial charge is 0.266 e. The van der Waals surface area contributed by atoms with Gasteiger partial charge in [0.15, 0.2) is 0 Å². The first-order chi connectivity index (χ1) is 10.6. The van der Waals surface area contributed by atoms with Crippen molar-refractivity contribution in [2.24, 2.45) is 16.8 Å². The average molecular weight is 327 g/mol. The van der Waals surface area contributed by atoms with Crippen LogP contribution in [0.3, 0.4) is 0 Å². The van der Waals surface area contributed by atoms with Crippen LogP contribution in [0.25, 0.3) is 0 Å². The average Bonchev–Trinajstić information content (AvgIpc) is 2.83. The third-order valence-electron chi connectivity index (χ3n) is 5.27. The number of halogens is 2. The van der Waals surface area contributed by atoms with Gasteiger partial charge in [0.05, 0.1) is 0 Å². The molecule has 3 aliphatic rings. The lowest BCUT2D eigenvalue weighted by atomic mass is 9.80. The van der Waals surface area contributed by atoms with Crippen molar-refractivity contribution >= 4 is 11.7 Å². The summed E-state index contributed by atoms with van der Waals surface area (Å²) in [7, 11) is 0. The highest BCUT2D eigenvalue weighted by Crippen LogP contribution is 2.35.